The summed E-state index contributed by atoms with van der Waals surface area (Å²) in [5.74, 6) is 1.09. The van der Waals surface area contributed by atoms with Crippen LogP contribution < -0.4 is 20.3 Å². The maximum absolute atomic E-state index is 13.2. The Morgan fingerprint density at radius 3 is 2.66 bits per heavy atom. The van der Waals surface area contributed by atoms with Crippen LogP contribution in [0.25, 0.3) is 11.0 Å². The third kappa shape index (κ3) is 4.58. The number of rotatable bonds is 5. The molecule has 32 heavy (non-hydrogen) atoms. The third-order valence-corrected chi connectivity index (χ3v) is 4.93. The SMILES string of the molecule is COc1ccc(OC)c(N=c2oc3ccc(Cl)cc3cc2C(=O)Nc2cccc(C)n2)c1. The van der Waals surface area contributed by atoms with Crippen molar-refractivity contribution in [2.75, 3.05) is 19.5 Å². The minimum absolute atomic E-state index is 0.108. The molecule has 0 aliphatic heterocycles. The quantitative estimate of drug-likeness (QED) is 0.447. The molecule has 8 heteroatoms. The number of nitrogens with zero attached hydrogens (tertiary/aromatic N) is 2. The van der Waals surface area contributed by atoms with Crippen molar-refractivity contribution in [3.8, 4) is 11.5 Å². The standard InChI is InChI=1S/C24H20ClN3O4/c1-14-5-4-6-22(26-14)28-23(29)18-12-15-11-16(25)7-9-20(15)32-24(18)27-19-13-17(30-2)8-10-21(19)31-3/h4-13H,1-3H3,(H,26,28,29). The van der Waals surface area contributed by atoms with Gasteiger partial charge in [-0.1, -0.05) is 17.7 Å². The number of amides is 1. The van der Waals surface area contributed by atoms with Crippen LogP contribution in [0.4, 0.5) is 11.5 Å². The molecule has 0 atom stereocenters. The van der Waals surface area contributed by atoms with Crippen LogP contribution in [0.3, 0.4) is 0 Å². The van der Waals surface area contributed by atoms with Gasteiger partial charge in [-0.05, 0) is 55.5 Å². The zero-order chi connectivity index (χ0) is 22.7. The van der Waals surface area contributed by atoms with Crippen molar-refractivity contribution < 1.29 is 18.7 Å². The molecule has 0 aliphatic rings. The minimum Gasteiger partial charge on any atom is -0.497 e. The van der Waals surface area contributed by atoms with Crippen LogP contribution in [0, 0.1) is 6.92 Å². The molecule has 0 saturated carbocycles. The van der Waals surface area contributed by atoms with Crippen molar-refractivity contribution in [1.29, 1.82) is 0 Å². The van der Waals surface area contributed by atoms with E-state index in [1.807, 2.05) is 19.1 Å². The average Bonchev–Trinajstić information content (AvgIpc) is 2.78. The van der Waals surface area contributed by atoms with Gasteiger partial charge in [0.15, 0.2) is 0 Å². The number of aromatic nitrogens is 1. The number of anilines is 1. The Labute approximate surface area is 189 Å². The van der Waals surface area contributed by atoms with Gasteiger partial charge in [0.2, 0.25) is 5.55 Å². The largest absolute Gasteiger partial charge is 0.497 e. The summed E-state index contributed by atoms with van der Waals surface area (Å²) in [6.45, 7) is 1.85. The summed E-state index contributed by atoms with van der Waals surface area (Å²) in [7, 11) is 3.10. The maximum atomic E-state index is 13.2. The van der Waals surface area contributed by atoms with Gasteiger partial charge in [0.1, 0.15) is 34.2 Å². The molecule has 4 aromatic rings. The van der Waals surface area contributed by atoms with Gasteiger partial charge in [0.05, 0.1) is 14.2 Å². The van der Waals surface area contributed by atoms with E-state index in [4.69, 9.17) is 25.5 Å². The lowest BCUT2D eigenvalue weighted by Gasteiger charge is -2.09. The van der Waals surface area contributed by atoms with E-state index in [9.17, 15) is 4.79 Å². The van der Waals surface area contributed by atoms with Gasteiger partial charge in [0.25, 0.3) is 5.91 Å². The molecule has 0 unspecified atom stereocenters. The summed E-state index contributed by atoms with van der Waals surface area (Å²) in [4.78, 5) is 22.1. The first kappa shape index (κ1) is 21.4. The van der Waals surface area contributed by atoms with Crippen LogP contribution in [-0.2, 0) is 0 Å². The van der Waals surface area contributed by atoms with Gasteiger partial charge in [-0.3, -0.25) is 4.79 Å². The first-order valence-electron chi connectivity index (χ1n) is 9.72. The van der Waals surface area contributed by atoms with E-state index in [0.717, 1.165) is 5.69 Å². The summed E-state index contributed by atoms with van der Waals surface area (Å²) in [6.07, 6.45) is 0. The summed E-state index contributed by atoms with van der Waals surface area (Å²) < 4.78 is 16.7. The predicted molar refractivity (Wildman–Crippen MR) is 123 cm³/mol. The molecule has 162 valence electrons. The molecular formula is C24H20ClN3O4. The molecule has 0 radical (unpaired) electrons. The van der Waals surface area contributed by atoms with E-state index in [1.54, 1.807) is 55.6 Å². The number of halogens is 1. The van der Waals surface area contributed by atoms with Crippen molar-refractivity contribution in [3.63, 3.8) is 0 Å². The lowest BCUT2D eigenvalue weighted by atomic mass is 10.1. The van der Waals surface area contributed by atoms with Crippen LogP contribution >= 0.6 is 11.6 Å². The van der Waals surface area contributed by atoms with Crippen LogP contribution in [0.15, 0.2) is 70.1 Å². The van der Waals surface area contributed by atoms with Gasteiger partial charge in [-0.15, -0.1) is 0 Å². The predicted octanol–water partition coefficient (Wildman–Crippen LogP) is 5.29. The molecule has 2 aromatic heterocycles. The number of aryl methyl sites for hydroxylation is 1. The molecule has 1 N–H and O–H groups in total. The Balaban J connectivity index is 1.90. The molecule has 2 heterocycles. The van der Waals surface area contributed by atoms with Crippen molar-refractivity contribution in [2.45, 2.75) is 6.92 Å². The lowest BCUT2D eigenvalue weighted by molar-refractivity contribution is 0.102. The van der Waals surface area contributed by atoms with E-state index in [-0.39, 0.29) is 11.1 Å². The van der Waals surface area contributed by atoms with Gasteiger partial charge < -0.3 is 19.2 Å². The van der Waals surface area contributed by atoms with E-state index >= 15 is 0 Å². The molecule has 4 rings (SSSR count). The lowest BCUT2D eigenvalue weighted by Crippen LogP contribution is -2.22. The maximum Gasteiger partial charge on any atom is 0.262 e. The van der Waals surface area contributed by atoms with Crippen molar-refractivity contribution in [2.24, 2.45) is 4.99 Å². The Morgan fingerprint density at radius 2 is 1.91 bits per heavy atom. The van der Waals surface area contributed by atoms with Crippen LogP contribution in [0.2, 0.25) is 5.02 Å². The van der Waals surface area contributed by atoms with E-state index in [2.05, 4.69) is 15.3 Å². The Morgan fingerprint density at radius 1 is 1.06 bits per heavy atom. The number of ether oxygens (including phenoxy) is 2. The zero-order valence-electron chi connectivity index (χ0n) is 17.7. The Hall–Kier alpha value is -3.84. The Bertz CT molecular complexity index is 1380. The second-order valence-electron chi connectivity index (χ2n) is 6.92. The minimum atomic E-state index is -0.422. The number of pyridine rings is 1. The first-order valence-corrected chi connectivity index (χ1v) is 10.1. The highest BCUT2D eigenvalue weighted by Gasteiger charge is 2.15. The third-order valence-electron chi connectivity index (χ3n) is 4.69. The molecule has 0 spiro atoms. The normalized spacial score (nSPS) is 11.4. The van der Waals surface area contributed by atoms with Gasteiger partial charge in [0, 0.05) is 22.2 Å². The fraction of sp³-hybridized carbons (Fsp3) is 0.125. The summed E-state index contributed by atoms with van der Waals surface area (Å²) in [5.41, 5.74) is 2.08. The summed E-state index contributed by atoms with van der Waals surface area (Å²) in [6, 6.07) is 17.4. The highest BCUT2D eigenvalue weighted by atomic mass is 35.5. The number of carbonyl (C=O) groups is 1. The molecule has 1 amide bonds. The number of hydrogen-bond acceptors (Lipinski definition) is 6. The summed E-state index contributed by atoms with van der Waals surface area (Å²) in [5, 5.41) is 3.99. The number of carbonyl (C=O) groups excluding carboxylic acids is 1. The number of methoxy groups -OCH3 is 2. The smallest absolute Gasteiger partial charge is 0.262 e. The highest BCUT2D eigenvalue weighted by molar-refractivity contribution is 6.31. The van der Waals surface area contributed by atoms with E-state index in [1.165, 1.54) is 7.11 Å². The zero-order valence-corrected chi connectivity index (χ0v) is 18.4. The van der Waals surface area contributed by atoms with E-state index in [0.29, 0.717) is 39.0 Å². The second kappa shape index (κ2) is 9.11. The topological polar surface area (TPSA) is 86.0 Å². The monoisotopic (exact) mass is 449 g/mol. The highest BCUT2D eigenvalue weighted by Crippen LogP contribution is 2.31. The molecular weight excluding hydrogens is 430 g/mol. The molecule has 0 bridgehead atoms. The number of hydrogen-bond donors (Lipinski definition) is 1. The molecule has 2 aromatic carbocycles. The first-order chi connectivity index (χ1) is 15.5. The van der Waals surface area contributed by atoms with Crippen LogP contribution in [0.5, 0.6) is 11.5 Å². The van der Waals surface area contributed by atoms with Crippen LogP contribution in [-0.4, -0.2) is 25.1 Å². The van der Waals surface area contributed by atoms with Gasteiger partial charge >= 0.3 is 0 Å². The van der Waals surface area contributed by atoms with Crippen molar-refractivity contribution in [1.82, 2.24) is 4.98 Å². The van der Waals surface area contributed by atoms with Crippen molar-refractivity contribution >= 4 is 40.0 Å². The second-order valence-corrected chi connectivity index (χ2v) is 7.35. The molecule has 0 aliphatic carbocycles. The average molecular weight is 450 g/mol. The van der Waals surface area contributed by atoms with Gasteiger partial charge in [-0.2, -0.15) is 0 Å². The fourth-order valence-electron chi connectivity index (χ4n) is 3.14. The molecule has 7 nitrogen and oxygen atoms in total. The number of fused-ring (bicyclic) bond motifs is 1. The fourth-order valence-corrected chi connectivity index (χ4v) is 3.32. The number of nitrogens with one attached hydrogen (secondary N) is 1. The summed E-state index contributed by atoms with van der Waals surface area (Å²) >= 11 is 6.13. The molecule has 0 saturated heterocycles. The van der Waals surface area contributed by atoms with E-state index < -0.39 is 5.91 Å². The molecule has 0 fully saturated rings. The Kier molecular flexibility index (Phi) is 6.09. The van der Waals surface area contributed by atoms with Crippen molar-refractivity contribution in [3.05, 3.63) is 82.5 Å². The number of benzene rings is 2. The van der Waals surface area contributed by atoms with Crippen LogP contribution in [0.1, 0.15) is 16.1 Å². The van der Waals surface area contributed by atoms with Gasteiger partial charge in [-0.25, -0.2) is 9.98 Å².